The third-order valence-corrected chi connectivity index (χ3v) is 3.72. The van der Waals surface area contributed by atoms with Crippen molar-refractivity contribution in [1.82, 2.24) is 5.32 Å². The van der Waals surface area contributed by atoms with E-state index in [4.69, 9.17) is 10.00 Å². The lowest BCUT2D eigenvalue weighted by atomic mass is 9.92. The molecule has 2 N–H and O–H groups in total. The fraction of sp³-hybridized carbons (Fsp3) is 0.500. The highest BCUT2D eigenvalue weighted by molar-refractivity contribution is 5.81. The Morgan fingerprint density at radius 1 is 1.38 bits per heavy atom. The second-order valence-electron chi connectivity index (χ2n) is 5.36. The Balaban J connectivity index is 1.88. The van der Waals surface area contributed by atoms with Gasteiger partial charge in [0.25, 0.3) is 5.91 Å². The minimum atomic E-state index is -0.646. The Morgan fingerprint density at radius 3 is 2.67 bits per heavy atom. The molecule has 1 aromatic carbocycles. The number of rotatable bonds is 4. The summed E-state index contributed by atoms with van der Waals surface area (Å²) < 4.78 is 5.55. The maximum atomic E-state index is 12.1. The first-order valence-corrected chi connectivity index (χ1v) is 7.25. The summed E-state index contributed by atoms with van der Waals surface area (Å²) in [6, 6.07) is 8.46. The molecule has 2 rings (SSSR count). The van der Waals surface area contributed by atoms with Gasteiger partial charge in [0, 0.05) is 0 Å². The molecule has 0 aliphatic heterocycles. The molecule has 3 atom stereocenters. The monoisotopic (exact) mass is 288 g/mol. The Hall–Kier alpha value is -2.06. The number of carbonyl (C=O) groups is 1. The van der Waals surface area contributed by atoms with Crippen LogP contribution in [-0.4, -0.2) is 29.3 Å². The second kappa shape index (κ2) is 7.09. The number of nitrogens with one attached hydrogen (secondary N) is 1. The Bertz CT molecular complexity index is 521. The van der Waals surface area contributed by atoms with Crippen molar-refractivity contribution >= 4 is 5.91 Å². The average Bonchev–Trinajstić information content (AvgIpc) is 2.50. The number of carbonyl (C=O) groups excluding carboxylic acids is 1. The molecular weight excluding hydrogens is 268 g/mol. The van der Waals surface area contributed by atoms with Crippen LogP contribution in [0.1, 0.15) is 38.2 Å². The zero-order valence-corrected chi connectivity index (χ0v) is 12.1. The SMILES string of the molecule is CC(Oc1ccc(C#N)cc1)C(=O)N[C@H]1CCCC[C@@H]1O. The summed E-state index contributed by atoms with van der Waals surface area (Å²) in [5.41, 5.74) is 0.546. The van der Waals surface area contributed by atoms with Crippen molar-refractivity contribution in [2.24, 2.45) is 0 Å². The van der Waals surface area contributed by atoms with Gasteiger partial charge in [-0.15, -0.1) is 0 Å². The van der Waals surface area contributed by atoms with Gasteiger partial charge in [0.1, 0.15) is 5.75 Å². The standard InChI is InChI=1S/C16H20N2O3/c1-11(21-13-8-6-12(10-17)7-9-13)16(20)18-14-4-2-3-5-15(14)19/h6-9,11,14-15,19H,2-5H2,1H3,(H,18,20)/t11?,14-,15-/m0/s1. The molecule has 0 saturated heterocycles. The van der Waals surface area contributed by atoms with E-state index in [9.17, 15) is 9.90 Å². The highest BCUT2D eigenvalue weighted by Gasteiger charge is 2.26. The molecular formula is C16H20N2O3. The molecule has 5 heteroatoms. The smallest absolute Gasteiger partial charge is 0.261 e. The minimum Gasteiger partial charge on any atom is -0.481 e. The number of aliphatic hydroxyl groups excluding tert-OH is 1. The first-order valence-electron chi connectivity index (χ1n) is 7.25. The van der Waals surface area contributed by atoms with Crippen LogP contribution < -0.4 is 10.1 Å². The summed E-state index contributed by atoms with van der Waals surface area (Å²) in [5.74, 6) is 0.311. The van der Waals surface area contributed by atoms with Gasteiger partial charge in [-0.05, 0) is 44.0 Å². The van der Waals surface area contributed by atoms with E-state index in [1.807, 2.05) is 6.07 Å². The zero-order valence-electron chi connectivity index (χ0n) is 12.1. The van der Waals surface area contributed by atoms with Gasteiger partial charge in [-0.1, -0.05) is 12.8 Å². The summed E-state index contributed by atoms with van der Waals surface area (Å²) >= 11 is 0. The lowest BCUT2D eigenvalue weighted by Crippen LogP contribution is -2.49. The van der Waals surface area contributed by atoms with Gasteiger partial charge in [0.05, 0.1) is 23.8 Å². The summed E-state index contributed by atoms with van der Waals surface area (Å²) in [5, 5.41) is 21.4. The van der Waals surface area contributed by atoms with Crippen LogP contribution in [-0.2, 0) is 4.79 Å². The lowest BCUT2D eigenvalue weighted by Gasteiger charge is -2.29. The van der Waals surface area contributed by atoms with Crippen molar-refractivity contribution in [2.75, 3.05) is 0 Å². The first kappa shape index (κ1) is 15.3. The molecule has 1 amide bonds. The van der Waals surface area contributed by atoms with Crippen LogP contribution in [0.3, 0.4) is 0 Å². The van der Waals surface area contributed by atoms with Crippen molar-refractivity contribution in [3.63, 3.8) is 0 Å². The molecule has 1 aromatic rings. The molecule has 21 heavy (non-hydrogen) atoms. The molecule has 5 nitrogen and oxygen atoms in total. The van der Waals surface area contributed by atoms with E-state index in [0.29, 0.717) is 11.3 Å². The van der Waals surface area contributed by atoms with Crippen molar-refractivity contribution in [1.29, 1.82) is 5.26 Å². The maximum absolute atomic E-state index is 12.1. The molecule has 0 heterocycles. The fourth-order valence-electron chi connectivity index (χ4n) is 2.45. The maximum Gasteiger partial charge on any atom is 0.261 e. The van der Waals surface area contributed by atoms with E-state index in [0.717, 1.165) is 25.7 Å². The lowest BCUT2D eigenvalue weighted by molar-refractivity contribution is -0.129. The van der Waals surface area contributed by atoms with Gasteiger partial charge < -0.3 is 15.2 Å². The van der Waals surface area contributed by atoms with Crippen molar-refractivity contribution < 1.29 is 14.6 Å². The summed E-state index contributed by atoms with van der Waals surface area (Å²) in [6.45, 7) is 1.67. The van der Waals surface area contributed by atoms with E-state index in [2.05, 4.69) is 5.32 Å². The van der Waals surface area contributed by atoms with E-state index in [1.165, 1.54) is 0 Å². The first-order chi connectivity index (χ1) is 10.1. The van der Waals surface area contributed by atoms with Gasteiger partial charge in [-0.3, -0.25) is 4.79 Å². The van der Waals surface area contributed by atoms with Gasteiger partial charge in [0.15, 0.2) is 6.10 Å². The van der Waals surface area contributed by atoms with Crippen molar-refractivity contribution in [3.8, 4) is 11.8 Å². The van der Waals surface area contributed by atoms with Crippen LogP contribution in [0.2, 0.25) is 0 Å². The van der Waals surface area contributed by atoms with Crippen molar-refractivity contribution in [3.05, 3.63) is 29.8 Å². The van der Waals surface area contributed by atoms with Gasteiger partial charge >= 0.3 is 0 Å². The molecule has 1 aliphatic carbocycles. The van der Waals surface area contributed by atoms with Crippen LogP contribution in [0.15, 0.2) is 24.3 Å². The fourth-order valence-corrected chi connectivity index (χ4v) is 2.45. The largest absolute Gasteiger partial charge is 0.481 e. The Morgan fingerprint density at radius 2 is 2.05 bits per heavy atom. The zero-order chi connectivity index (χ0) is 15.2. The molecule has 0 aromatic heterocycles. The van der Waals surface area contributed by atoms with E-state index in [1.54, 1.807) is 31.2 Å². The predicted molar refractivity (Wildman–Crippen MR) is 77.7 cm³/mol. The number of hydrogen-bond donors (Lipinski definition) is 2. The number of nitriles is 1. The normalized spacial score (nSPS) is 22.9. The second-order valence-corrected chi connectivity index (χ2v) is 5.36. The summed E-state index contributed by atoms with van der Waals surface area (Å²) in [7, 11) is 0. The third kappa shape index (κ3) is 4.20. The van der Waals surface area contributed by atoms with Crippen LogP contribution in [0.25, 0.3) is 0 Å². The number of amides is 1. The average molecular weight is 288 g/mol. The van der Waals surface area contributed by atoms with E-state index < -0.39 is 12.2 Å². The van der Waals surface area contributed by atoms with E-state index in [-0.39, 0.29) is 11.9 Å². The van der Waals surface area contributed by atoms with Gasteiger partial charge in [0.2, 0.25) is 0 Å². The summed E-state index contributed by atoms with van der Waals surface area (Å²) in [4.78, 5) is 12.1. The Labute approximate surface area is 124 Å². The number of aliphatic hydroxyl groups is 1. The molecule has 1 aliphatic rings. The highest BCUT2D eigenvalue weighted by atomic mass is 16.5. The highest BCUT2D eigenvalue weighted by Crippen LogP contribution is 2.19. The molecule has 1 unspecified atom stereocenters. The van der Waals surface area contributed by atoms with E-state index >= 15 is 0 Å². The number of nitrogens with zero attached hydrogens (tertiary/aromatic N) is 1. The molecule has 112 valence electrons. The minimum absolute atomic E-state index is 0.182. The molecule has 0 spiro atoms. The van der Waals surface area contributed by atoms with Crippen LogP contribution >= 0.6 is 0 Å². The quantitative estimate of drug-likeness (QED) is 0.884. The summed E-state index contributed by atoms with van der Waals surface area (Å²) in [6.07, 6.45) is 2.45. The number of hydrogen-bond acceptors (Lipinski definition) is 4. The van der Waals surface area contributed by atoms with Crippen molar-refractivity contribution in [2.45, 2.75) is 50.9 Å². The molecule has 0 radical (unpaired) electrons. The number of ether oxygens (including phenoxy) is 1. The predicted octanol–water partition coefficient (Wildman–Crippen LogP) is 1.75. The molecule has 1 fully saturated rings. The molecule has 1 saturated carbocycles. The van der Waals surface area contributed by atoms with Gasteiger partial charge in [-0.25, -0.2) is 0 Å². The van der Waals surface area contributed by atoms with Crippen LogP contribution in [0.4, 0.5) is 0 Å². The Kier molecular flexibility index (Phi) is 5.18. The molecule has 0 bridgehead atoms. The van der Waals surface area contributed by atoms with Crippen LogP contribution in [0, 0.1) is 11.3 Å². The topological polar surface area (TPSA) is 82.3 Å². The van der Waals surface area contributed by atoms with Gasteiger partial charge in [-0.2, -0.15) is 5.26 Å². The number of benzene rings is 1. The third-order valence-electron chi connectivity index (χ3n) is 3.72. The van der Waals surface area contributed by atoms with Crippen LogP contribution in [0.5, 0.6) is 5.75 Å².